The molecule has 6 nitrogen and oxygen atoms in total. The third-order valence-electron chi connectivity index (χ3n) is 5.56. The van der Waals surface area contributed by atoms with Gasteiger partial charge >= 0.3 is 0 Å². The molecule has 2 amide bonds. The Morgan fingerprint density at radius 2 is 1.72 bits per heavy atom. The average molecular weight is 415 g/mol. The number of ether oxygens (including phenoxy) is 2. The van der Waals surface area contributed by atoms with Crippen LogP contribution in [0.15, 0.2) is 30.3 Å². The molecule has 0 atom stereocenters. The SMILES string of the molecule is COc1cc2c(cc1OC)CN(C(=O)c1ccc(Cl)c(N3CCCC3=O)c1)CC2. The molecule has 2 aromatic rings. The van der Waals surface area contributed by atoms with Crippen LogP contribution in [0.3, 0.4) is 0 Å². The van der Waals surface area contributed by atoms with Crippen LogP contribution in [0.25, 0.3) is 0 Å². The number of carbonyl (C=O) groups is 2. The minimum absolute atomic E-state index is 0.0458. The lowest BCUT2D eigenvalue weighted by Gasteiger charge is -2.30. The number of rotatable bonds is 4. The minimum Gasteiger partial charge on any atom is -0.493 e. The molecule has 0 aromatic heterocycles. The fourth-order valence-corrected chi connectivity index (χ4v) is 4.21. The highest BCUT2D eigenvalue weighted by molar-refractivity contribution is 6.34. The van der Waals surface area contributed by atoms with E-state index in [9.17, 15) is 9.59 Å². The van der Waals surface area contributed by atoms with Crippen LogP contribution in [-0.2, 0) is 17.8 Å². The fourth-order valence-electron chi connectivity index (χ4n) is 3.99. The fraction of sp³-hybridized carbons (Fsp3) is 0.364. The smallest absolute Gasteiger partial charge is 0.254 e. The zero-order chi connectivity index (χ0) is 20.5. The number of hydrogen-bond acceptors (Lipinski definition) is 4. The van der Waals surface area contributed by atoms with Crippen molar-refractivity contribution in [3.63, 3.8) is 0 Å². The molecule has 0 unspecified atom stereocenters. The van der Waals surface area contributed by atoms with Crippen molar-refractivity contribution in [2.24, 2.45) is 0 Å². The molecule has 1 fully saturated rings. The maximum absolute atomic E-state index is 13.2. The number of anilines is 1. The van der Waals surface area contributed by atoms with Crippen LogP contribution in [0.5, 0.6) is 11.5 Å². The predicted octanol–water partition coefficient (Wildman–Crippen LogP) is 3.68. The van der Waals surface area contributed by atoms with E-state index in [0.29, 0.717) is 53.8 Å². The molecule has 0 bridgehead atoms. The monoisotopic (exact) mass is 414 g/mol. The zero-order valence-corrected chi connectivity index (χ0v) is 17.3. The lowest BCUT2D eigenvalue weighted by molar-refractivity contribution is -0.117. The summed E-state index contributed by atoms with van der Waals surface area (Å²) in [7, 11) is 3.22. The van der Waals surface area contributed by atoms with Crippen LogP contribution in [0.1, 0.15) is 34.3 Å². The summed E-state index contributed by atoms with van der Waals surface area (Å²) in [5.74, 6) is 1.32. The molecular formula is C22H23ClN2O4. The van der Waals surface area contributed by atoms with E-state index in [2.05, 4.69) is 0 Å². The first kappa shape index (κ1) is 19.6. The predicted molar refractivity (Wildman–Crippen MR) is 111 cm³/mol. The Kier molecular flexibility index (Phi) is 5.37. The number of benzene rings is 2. The zero-order valence-electron chi connectivity index (χ0n) is 16.5. The normalized spacial score (nSPS) is 16.0. The minimum atomic E-state index is -0.0741. The van der Waals surface area contributed by atoms with E-state index in [0.717, 1.165) is 24.0 Å². The first-order valence-corrected chi connectivity index (χ1v) is 10.0. The summed E-state index contributed by atoms with van der Waals surface area (Å²) in [4.78, 5) is 28.8. The molecule has 1 saturated heterocycles. The molecule has 152 valence electrons. The number of nitrogens with zero attached hydrogens (tertiary/aromatic N) is 2. The molecule has 2 aliphatic rings. The van der Waals surface area contributed by atoms with Crippen LogP contribution >= 0.6 is 11.6 Å². The van der Waals surface area contributed by atoms with Crippen LogP contribution in [-0.4, -0.2) is 44.0 Å². The van der Waals surface area contributed by atoms with Crippen LogP contribution in [0, 0.1) is 0 Å². The van der Waals surface area contributed by atoms with Crippen LogP contribution in [0.2, 0.25) is 5.02 Å². The Labute approximate surface area is 174 Å². The second-order valence-electron chi connectivity index (χ2n) is 7.27. The Bertz CT molecular complexity index is 976. The summed E-state index contributed by atoms with van der Waals surface area (Å²) in [6.45, 7) is 1.74. The number of fused-ring (bicyclic) bond motifs is 1. The van der Waals surface area contributed by atoms with Crippen molar-refractivity contribution < 1.29 is 19.1 Å². The lowest BCUT2D eigenvalue weighted by Crippen LogP contribution is -2.36. The van der Waals surface area contributed by atoms with E-state index in [1.807, 2.05) is 17.0 Å². The summed E-state index contributed by atoms with van der Waals surface area (Å²) in [5, 5.41) is 0.484. The molecule has 29 heavy (non-hydrogen) atoms. The first-order chi connectivity index (χ1) is 14.0. The quantitative estimate of drug-likeness (QED) is 0.765. The van der Waals surface area contributed by atoms with E-state index in [1.165, 1.54) is 0 Å². The van der Waals surface area contributed by atoms with Gasteiger partial charge in [0.2, 0.25) is 5.91 Å². The standard InChI is InChI=1S/C22H23ClN2O4/c1-28-19-11-14-7-9-24(13-16(14)12-20(19)29-2)22(27)15-5-6-17(23)18(10-15)25-8-3-4-21(25)26/h5-6,10-12H,3-4,7-9,13H2,1-2H3. The molecule has 7 heteroatoms. The van der Waals surface area contributed by atoms with Gasteiger partial charge in [-0.2, -0.15) is 0 Å². The molecular weight excluding hydrogens is 392 g/mol. The van der Waals surface area contributed by atoms with Crippen molar-refractivity contribution in [2.75, 3.05) is 32.2 Å². The number of amides is 2. The maximum atomic E-state index is 13.2. The van der Waals surface area contributed by atoms with Gasteiger partial charge in [-0.15, -0.1) is 0 Å². The van der Waals surface area contributed by atoms with Gasteiger partial charge in [-0.3, -0.25) is 9.59 Å². The third kappa shape index (κ3) is 3.65. The molecule has 2 heterocycles. The third-order valence-corrected chi connectivity index (χ3v) is 5.88. The number of hydrogen-bond donors (Lipinski definition) is 0. The van der Waals surface area contributed by atoms with Crippen molar-refractivity contribution in [3.05, 3.63) is 52.0 Å². The van der Waals surface area contributed by atoms with Crippen molar-refractivity contribution in [3.8, 4) is 11.5 Å². The van der Waals surface area contributed by atoms with Gasteiger partial charge in [-0.05, 0) is 54.3 Å². The van der Waals surface area contributed by atoms with E-state index in [1.54, 1.807) is 37.3 Å². The van der Waals surface area contributed by atoms with Crippen molar-refractivity contribution >= 4 is 29.1 Å². The van der Waals surface area contributed by atoms with Gasteiger partial charge in [0.05, 0.1) is 24.9 Å². The van der Waals surface area contributed by atoms with E-state index in [-0.39, 0.29) is 11.8 Å². The van der Waals surface area contributed by atoms with Gasteiger partial charge in [0.25, 0.3) is 5.91 Å². The van der Waals surface area contributed by atoms with Crippen LogP contribution in [0.4, 0.5) is 5.69 Å². The van der Waals surface area contributed by atoms with Crippen molar-refractivity contribution in [1.82, 2.24) is 4.90 Å². The molecule has 4 rings (SSSR count). The van der Waals surface area contributed by atoms with Crippen LogP contribution < -0.4 is 14.4 Å². The summed E-state index contributed by atoms with van der Waals surface area (Å²) < 4.78 is 10.8. The summed E-state index contributed by atoms with van der Waals surface area (Å²) >= 11 is 6.32. The Balaban J connectivity index is 1.59. The van der Waals surface area contributed by atoms with Gasteiger partial charge in [0, 0.05) is 31.6 Å². The van der Waals surface area contributed by atoms with Gasteiger partial charge in [-0.25, -0.2) is 0 Å². The number of carbonyl (C=O) groups excluding carboxylic acids is 2. The highest BCUT2D eigenvalue weighted by atomic mass is 35.5. The molecule has 0 radical (unpaired) electrons. The second kappa shape index (κ2) is 7.95. The number of halogens is 1. The van der Waals surface area contributed by atoms with E-state index < -0.39 is 0 Å². The van der Waals surface area contributed by atoms with E-state index >= 15 is 0 Å². The van der Waals surface area contributed by atoms with Crippen molar-refractivity contribution in [1.29, 1.82) is 0 Å². The summed E-state index contributed by atoms with van der Waals surface area (Å²) in [6.07, 6.45) is 2.07. The maximum Gasteiger partial charge on any atom is 0.254 e. The molecule has 0 N–H and O–H groups in total. The van der Waals surface area contributed by atoms with E-state index in [4.69, 9.17) is 21.1 Å². The van der Waals surface area contributed by atoms with Gasteiger partial charge < -0.3 is 19.3 Å². The molecule has 0 aliphatic carbocycles. The summed E-state index contributed by atoms with van der Waals surface area (Å²) in [6, 6.07) is 9.07. The topological polar surface area (TPSA) is 59.1 Å². The van der Waals surface area contributed by atoms with Gasteiger partial charge in [-0.1, -0.05) is 11.6 Å². The highest BCUT2D eigenvalue weighted by Crippen LogP contribution is 2.34. The Morgan fingerprint density at radius 3 is 2.38 bits per heavy atom. The molecule has 2 aliphatic heterocycles. The summed E-state index contributed by atoms with van der Waals surface area (Å²) in [5.41, 5.74) is 3.36. The Hall–Kier alpha value is -2.73. The molecule has 0 spiro atoms. The van der Waals surface area contributed by atoms with Gasteiger partial charge in [0.15, 0.2) is 11.5 Å². The largest absolute Gasteiger partial charge is 0.493 e. The lowest BCUT2D eigenvalue weighted by atomic mass is 9.98. The average Bonchev–Trinajstić information content (AvgIpc) is 3.17. The highest BCUT2D eigenvalue weighted by Gasteiger charge is 2.27. The Morgan fingerprint density at radius 1 is 1.00 bits per heavy atom. The van der Waals surface area contributed by atoms with Gasteiger partial charge in [0.1, 0.15) is 0 Å². The molecule has 0 saturated carbocycles. The second-order valence-corrected chi connectivity index (χ2v) is 7.67. The first-order valence-electron chi connectivity index (χ1n) is 9.64. The number of methoxy groups -OCH3 is 2. The van der Waals surface area contributed by atoms with Crippen molar-refractivity contribution in [2.45, 2.75) is 25.8 Å². The molecule has 2 aromatic carbocycles.